The summed E-state index contributed by atoms with van der Waals surface area (Å²) in [5.41, 5.74) is -0.285. The van der Waals surface area contributed by atoms with E-state index in [2.05, 4.69) is 20.5 Å². The second-order valence-electron chi connectivity index (χ2n) is 7.72. The quantitative estimate of drug-likeness (QED) is 0.177. The van der Waals surface area contributed by atoms with Crippen LogP contribution in [0.1, 0.15) is 22.0 Å². The number of amides is 1. The minimum absolute atomic E-state index is 0.201. The molecule has 2 heterocycles. The van der Waals surface area contributed by atoms with Crippen LogP contribution in [0.3, 0.4) is 0 Å². The van der Waals surface area contributed by atoms with Crippen molar-refractivity contribution in [3.63, 3.8) is 0 Å². The van der Waals surface area contributed by atoms with Gasteiger partial charge in [-0.2, -0.15) is 30.7 Å². The van der Waals surface area contributed by atoms with Gasteiger partial charge in [-0.05, 0) is 28.3 Å². The van der Waals surface area contributed by atoms with Gasteiger partial charge in [-0.15, -0.1) is 5.10 Å². The van der Waals surface area contributed by atoms with Crippen LogP contribution in [0.25, 0.3) is 11.3 Å². The smallest absolute Gasteiger partial charge is 0.394 e. The molecule has 0 fully saturated rings. The van der Waals surface area contributed by atoms with E-state index in [0.717, 1.165) is 4.68 Å². The minimum Gasteiger partial charge on any atom is -0.394 e. The number of benzene rings is 1. The fraction of sp³-hybridized carbons (Fsp3) is 0.316. The van der Waals surface area contributed by atoms with Crippen LogP contribution in [-0.2, 0) is 5.92 Å². The molecule has 12 nitrogen and oxygen atoms in total. The molecule has 0 atom stereocenters. The van der Waals surface area contributed by atoms with Gasteiger partial charge in [0.1, 0.15) is 17.6 Å². The number of aromatic nitrogens is 5. The Morgan fingerprint density at radius 1 is 1.12 bits per heavy atom. The molecule has 3 aromatic rings. The molecule has 1 aromatic carbocycles. The number of non-ortho nitro benzene ring substituents is 1. The third kappa shape index (κ3) is 5.38. The summed E-state index contributed by atoms with van der Waals surface area (Å²) in [6.07, 6.45) is -6.93. The molecule has 0 spiro atoms. The monoisotopic (exact) mass is 603 g/mol. The zero-order valence-electron chi connectivity index (χ0n) is 19.1. The Hall–Kier alpha value is -3.98. The number of hydrogen-bond acceptors (Lipinski definition) is 10. The Morgan fingerprint density at radius 3 is 2.25 bits per heavy atom. The second-order valence-corrected chi connectivity index (χ2v) is 8.70. The van der Waals surface area contributed by atoms with Gasteiger partial charge in [0.05, 0.1) is 23.7 Å². The van der Waals surface area contributed by atoms with Crippen molar-refractivity contribution in [1.82, 2.24) is 25.2 Å². The van der Waals surface area contributed by atoms with E-state index in [-0.39, 0.29) is 17.4 Å². The number of halogens is 8. The van der Waals surface area contributed by atoms with Crippen molar-refractivity contribution in [2.24, 2.45) is 5.73 Å². The van der Waals surface area contributed by atoms with E-state index in [4.69, 9.17) is 5.73 Å². The molecule has 0 saturated carbocycles. The topological polar surface area (TPSA) is 183 Å². The first-order valence-corrected chi connectivity index (χ1v) is 11.1. The summed E-state index contributed by atoms with van der Waals surface area (Å²) in [6.45, 7) is -1.42. The first kappa shape index (κ1) is 30.6. The van der Waals surface area contributed by atoms with Crippen molar-refractivity contribution in [2.75, 3.05) is 13.2 Å². The van der Waals surface area contributed by atoms with Crippen molar-refractivity contribution in [3.8, 4) is 11.3 Å². The van der Waals surface area contributed by atoms with Gasteiger partial charge in [0.15, 0.2) is 0 Å². The number of hydrogen-bond donors (Lipinski definition) is 3. The SMILES string of the molecule is NC(=O)c1cc([N+](=O)[O-])cc(-c2ncc(C(F)(F)C(F)(F)C(F)(F)F)cc2F)c1Sc1nnnn1C(CO)CO. The van der Waals surface area contributed by atoms with Gasteiger partial charge in [-0.3, -0.25) is 19.9 Å². The molecule has 0 aliphatic carbocycles. The van der Waals surface area contributed by atoms with E-state index in [9.17, 15) is 55.9 Å². The molecule has 0 radical (unpaired) electrons. The second kappa shape index (κ2) is 10.9. The Morgan fingerprint density at radius 2 is 1.75 bits per heavy atom. The standard InChI is InChI=1S/C19H13F8N7O5S/c20-12-1-7(17(21,22)18(23,24)19(25,26)27)4-29-13(12)10-2-8(34(38)39)3-11(15(28)37)14(10)40-16-30-31-32-33(16)9(5-35)6-36/h1-4,9,35-36H,5-6H2,(H2,28,37). The van der Waals surface area contributed by atoms with Crippen molar-refractivity contribution >= 4 is 23.4 Å². The van der Waals surface area contributed by atoms with Gasteiger partial charge in [0.2, 0.25) is 11.1 Å². The number of pyridine rings is 1. The van der Waals surface area contributed by atoms with E-state index >= 15 is 4.39 Å². The molecule has 0 saturated heterocycles. The first-order chi connectivity index (χ1) is 18.5. The van der Waals surface area contributed by atoms with Gasteiger partial charge < -0.3 is 15.9 Å². The highest BCUT2D eigenvalue weighted by Crippen LogP contribution is 2.52. The number of alkyl halides is 7. The number of primary amides is 1. The van der Waals surface area contributed by atoms with Crippen LogP contribution in [0.2, 0.25) is 0 Å². The molecule has 0 bridgehead atoms. The highest BCUT2D eigenvalue weighted by atomic mass is 32.2. The van der Waals surface area contributed by atoms with Crippen molar-refractivity contribution in [1.29, 1.82) is 0 Å². The van der Waals surface area contributed by atoms with Crippen LogP contribution >= 0.6 is 11.8 Å². The summed E-state index contributed by atoms with van der Waals surface area (Å²) in [5.74, 6) is -15.9. The normalized spacial score (nSPS) is 12.7. The van der Waals surface area contributed by atoms with Gasteiger partial charge in [-0.1, -0.05) is 0 Å². The minimum atomic E-state index is -6.73. The Labute approximate surface area is 219 Å². The molecular formula is C19H13F8N7O5S. The van der Waals surface area contributed by atoms with Gasteiger partial charge in [0, 0.05) is 34.4 Å². The van der Waals surface area contributed by atoms with E-state index in [0.29, 0.717) is 23.9 Å². The third-order valence-corrected chi connectivity index (χ3v) is 6.28. The van der Waals surface area contributed by atoms with Crippen LogP contribution in [0.15, 0.2) is 34.4 Å². The van der Waals surface area contributed by atoms with Gasteiger partial charge >= 0.3 is 18.0 Å². The lowest BCUT2D eigenvalue weighted by atomic mass is 10.0. The number of nitrogens with zero attached hydrogens (tertiary/aromatic N) is 6. The molecule has 0 unspecified atom stereocenters. The summed E-state index contributed by atoms with van der Waals surface area (Å²) in [5, 5.41) is 40.4. The molecule has 2 aromatic heterocycles. The lowest BCUT2D eigenvalue weighted by molar-refractivity contribution is -0.384. The van der Waals surface area contributed by atoms with Crippen LogP contribution in [0, 0.1) is 15.9 Å². The molecule has 0 aliphatic heterocycles. The largest absolute Gasteiger partial charge is 0.460 e. The molecule has 216 valence electrons. The third-order valence-electron chi connectivity index (χ3n) is 5.18. The highest BCUT2D eigenvalue weighted by Gasteiger charge is 2.73. The molecule has 1 amide bonds. The average Bonchev–Trinajstić information content (AvgIpc) is 3.31. The van der Waals surface area contributed by atoms with Crippen molar-refractivity contribution in [3.05, 3.63) is 51.5 Å². The molecular weight excluding hydrogens is 590 g/mol. The number of carbonyl (C=O) groups is 1. The number of nitro benzene ring substituents is 1. The molecule has 0 aliphatic rings. The number of rotatable bonds is 10. The maximum absolute atomic E-state index is 15.1. The number of nitro groups is 1. The maximum atomic E-state index is 15.1. The first-order valence-electron chi connectivity index (χ1n) is 10.3. The number of tetrazole rings is 1. The van der Waals surface area contributed by atoms with Crippen LogP contribution in [0.4, 0.5) is 40.8 Å². The zero-order valence-corrected chi connectivity index (χ0v) is 19.9. The van der Waals surface area contributed by atoms with Gasteiger partial charge in [-0.25, -0.2) is 9.07 Å². The summed E-state index contributed by atoms with van der Waals surface area (Å²) in [7, 11) is 0. The summed E-state index contributed by atoms with van der Waals surface area (Å²) >= 11 is 0.360. The number of nitrogens with two attached hydrogens (primary N) is 1. The van der Waals surface area contributed by atoms with Crippen LogP contribution in [-0.4, -0.2) is 71.5 Å². The van der Waals surface area contributed by atoms with E-state index in [1.807, 2.05) is 0 Å². The summed E-state index contributed by atoms with van der Waals surface area (Å²) in [4.78, 5) is 25.2. The molecule has 4 N–H and O–H groups in total. The summed E-state index contributed by atoms with van der Waals surface area (Å²) in [6, 6.07) is -0.298. The summed E-state index contributed by atoms with van der Waals surface area (Å²) < 4.78 is 109. The maximum Gasteiger partial charge on any atom is 0.460 e. The fourth-order valence-electron chi connectivity index (χ4n) is 3.14. The lowest BCUT2D eigenvalue weighted by Gasteiger charge is -2.28. The number of carbonyl (C=O) groups excluding carboxylic acids is 1. The van der Waals surface area contributed by atoms with E-state index in [1.165, 1.54) is 0 Å². The number of aliphatic hydroxyl groups is 2. The van der Waals surface area contributed by atoms with Crippen LogP contribution < -0.4 is 5.73 Å². The van der Waals surface area contributed by atoms with E-state index < -0.39 is 86.9 Å². The average molecular weight is 603 g/mol. The van der Waals surface area contributed by atoms with Gasteiger partial charge in [0.25, 0.3) is 5.69 Å². The Kier molecular flexibility index (Phi) is 8.32. The Bertz CT molecular complexity index is 1450. The van der Waals surface area contributed by atoms with E-state index in [1.54, 1.807) is 0 Å². The number of aliphatic hydroxyl groups excluding tert-OH is 2. The predicted molar refractivity (Wildman–Crippen MR) is 115 cm³/mol. The van der Waals surface area contributed by atoms with Crippen LogP contribution in [0.5, 0.6) is 0 Å². The molecule has 3 rings (SSSR count). The zero-order chi connectivity index (χ0) is 30.2. The Balaban J connectivity index is 2.27. The molecule has 21 heteroatoms. The highest BCUT2D eigenvalue weighted by molar-refractivity contribution is 7.99. The van der Waals surface area contributed by atoms with Crippen molar-refractivity contribution < 1.29 is 55.1 Å². The molecule has 40 heavy (non-hydrogen) atoms. The lowest BCUT2D eigenvalue weighted by Crippen LogP contribution is -2.50. The fourth-order valence-corrected chi connectivity index (χ4v) is 4.21. The predicted octanol–water partition coefficient (Wildman–Crippen LogP) is 2.85. The van der Waals surface area contributed by atoms with Crippen molar-refractivity contribution in [2.45, 2.75) is 34.1 Å².